The van der Waals surface area contributed by atoms with Crippen LogP contribution in [0.5, 0.6) is 0 Å². The molecule has 0 unspecified atom stereocenters. The lowest BCUT2D eigenvalue weighted by Gasteiger charge is -2.32. The molecule has 0 saturated heterocycles. The summed E-state index contributed by atoms with van der Waals surface area (Å²) >= 11 is 6.16. The number of nitrogens with zero attached hydrogens (tertiary/aromatic N) is 1. The van der Waals surface area contributed by atoms with Gasteiger partial charge in [0, 0.05) is 24.5 Å². The fourth-order valence-electron chi connectivity index (χ4n) is 3.87. The molecule has 2 amide bonds. The van der Waals surface area contributed by atoms with E-state index < -0.39 is 6.04 Å². The van der Waals surface area contributed by atoms with Gasteiger partial charge in [0.15, 0.2) is 0 Å². The van der Waals surface area contributed by atoms with Gasteiger partial charge in [-0.15, -0.1) is 0 Å². The number of amides is 2. The average molecular weight is 477 g/mol. The predicted molar refractivity (Wildman–Crippen MR) is 139 cm³/mol. The van der Waals surface area contributed by atoms with Gasteiger partial charge in [-0.3, -0.25) is 9.59 Å². The van der Waals surface area contributed by atoms with Crippen molar-refractivity contribution in [2.45, 2.75) is 46.2 Å². The van der Waals surface area contributed by atoms with E-state index in [9.17, 15) is 9.59 Å². The Morgan fingerprint density at radius 3 is 2.26 bits per heavy atom. The quantitative estimate of drug-likeness (QED) is 0.414. The molecule has 1 atom stereocenters. The molecule has 3 rings (SSSR count). The zero-order chi connectivity index (χ0) is 24.5. The third-order valence-electron chi connectivity index (χ3n) is 5.80. The van der Waals surface area contributed by atoms with Crippen LogP contribution >= 0.6 is 11.6 Å². The van der Waals surface area contributed by atoms with Gasteiger partial charge in [-0.05, 0) is 47.2 Å². The Balaban J connectivity index is 1.97. The summed E-state index contributed by atoms with van der Waals surface area (Å²) in [6.45, 7) is 7.06. The Morgan fingerprint density at radius 2 is 1.59 bits per heavy atom. The maximum atomic E-state index is 13.7. The first-order valence-corrected chi connectivity index (χ1v) is 12.1. The highest BCUT2D eigenvalue weighted by Crippen LogP contribution is 2.19. The summed E-state index contributed by atoms with van der Waals surface area (Å²) in [5.74, 6) is 0.0741. The first-order valence-electron chi connectivity index (χ1n) is 11.7. The second-order valence-electron chi connectivity index (χ2n) is 9.10. The molecule has 0 aliphatic carbocycles. The Hall–Kier alpha value is -3.11. The van der Waals surface area contributed by atoms with Gasteiger partial charge in [0.1, 0.15) is 6.04 Å². The number of rotatable bonds is 10. The standard InChI is InChI=1S/C29H33ClN2O2/c1-21(2)19-31-29(34)27(17-23-11-5-4-6-12-23)32(20-25-14-8-7-10-22(25)3)28(33)18-24-13-9-15-26(30)16-24/h4-16,21,27H,17-20H2,1-3H3,(H,31,34)/t27-/m0/s1. The second kappa shape index (κ2) is 12.4. The van der Waals surface area contributed by atoms with Crippen molar-refractivity contribution in [1.29, 1.82) is 0 Å². The highest BCUT2D eigenvalue weighted by molar-refractivity contribution is 6.30. The van der Waals surface area contributed by atoms with Gasteiger partial charge in [0.05, 0.1) is 6.42 Å². The van der Waals surface area contributed by atoms with Crippen LogP contribution in [0.15, 0.2) is 78.9 Å². The van der Waals surface area contributed by atoms with Crippen LogP contribution in [0.2, 0.25) is 5.02 Å². The normalized spacial score (nSPS) is 11.8. The molecule has 3 aromatic rings. The average Bonchev–Trinajstić information content (AvgIpc) is 2.81. The van der Waals surface area contributed by atoms with Gasteiger partial charge < -0.3 is 10.2 Å². The number of hydrogen-bond donors (Lipinski definition) is 1. The van der Waals surface area contributed by atoms with Crippen molar-refractivity contribution in [2.75, 3.05) is 6.54 Å². The lowest BCUT2D eigenvalue weighted by Crippen LogP contribution is -2.51. The molecule has 178 valence electrons. The number of nitrogens with one attached hydrogen (secondary N) is 1. The minimum absolute atomic E-state index is 0.105. The molecule has 0 saturated carbocycles. The summed E-state index contributed by atoms with van der Waals surface area (Å²) in [4.78, 5) is 28.9. The number of halogens is 1. The smallest absolute Gasteiger partial charge is 0.243 e. The van der Waals surface area contributed by atoms with Crippen molar-refractivity contribution >= 4 is 23.4 Å². The van der Waals surface area contributed by atoms with Crippen molar-refractivity contribution in [3.05, 3.63) is 106 Å². The Labute approximate surface area is 207 Å². The van der Waals surface area contributed by atoms with Crippen molar-refractivity contribution in [3.8, 4) is 0 Å². The molecule has 0 aliphatic rings. The van der Waals surface area contributed by atoms with E-state index in [0.29, 0.717) is 30.5 Å². The predicted octanol–water partition coefficient (Wildman–Crippen LogP) is 5.60. The molecular weight excluding hydrogens is 444 g/mol. The number of hydrogen-bond acceptors (Lipinski definition) is 2. The largest absolute Gasteiger partial charge is 0.354 e. The van der Waals surface area contributed by atoms with Gasteiger partial charge in [-0.2, -0.15) is 0 Å². The summed E-state index contributed by atoms with van der Waals surface area (Å²) in [5, 5.41) is 3.65. The van der Waals surface area contributed by atoms with E-state index in [4.69, 9.17) is 11.6 Å². The molecule has 5 heteroatoms. The van der Waals surface area contributed by atoms with Crippen molar-refractivity contribution in [1.82, 2.24) is 10.2 Å². The van der Waals surface area contributed by atoms with Crippen LogP contribution in [0, 0.1) is 12.8 Å². The number of aryl methyl sites for hydroxylation is 1. The van der Waals surface area contributed by atoms with E-state index in [-0.39, 0.29) is 18.2 Å². The summed E-state index contributed by atoms with van der Waals surface area (Å²) < 4.78 is 0. The third-order valence-corrected chi connectivity index (χ3v) is 6.04. The molecular formula is C29H33ClN2O2. The SMILES string of the molecule is Cc1ccccc1CN(C(=O)Cc1cccc(Cl)c1)[C@@H](Cc1ccccc1)C(=O)NCC(C)C. The van der Waals surface area contributed by atoms with Crippen LogP contribution in [-0.4, -0.2) is 29.3 Å². The Bertz CT molecular complexity index is 1100. The monoisotopic (exact) mass is 476 g/mol. The van der Waals surface area contributed by atoms with Crippen LogP contribution in [0.1, 0.15) is 36.1 Å². The van der Waals surface area contributed by atoms with Crippen LogP contribution in [0.3, 0.4) is 0 Å². The van der Waals surface area contributed by atoms with Gasteiger partial charge in [0.2, 0.25) is 11.8 Å². The topological polar surface area (TPSA) is 49.4 Å². The zero-order valence-electron chi connectivity index (χ0n) is 20.1. The summed E-state index contributed by atoms with van der Waals surface area (Å²) in [6, 6.07) is 24.5. The molecule has 0 aliphatic heterocycles. The van der Waals surface area contributed by atoms with E-state index in [1.165, 1.54) is 0 Å². The van der Waals surface area contributed by atoms with Crippen molar-refractivity contribution in [3.63, 3.8) is 0 Å². The van der Waals surface area contributed by atoms with Gasteiger partial charge in [0.25, 0.3) is 0 Å². The minimum atomic E-state index is -0.632. The van der Waals surface area contributed by atoms with E-state index in [2.05, 4.69) is 19.2 Å². The fourth-order valence-corrected chi connectivity index (χ4v) is 4.08. The van der Waals surface area contributed by atoms with E-state index in [1.807, 2.05) is 73.7 Å². The van der Waals surface area contributed by atoms with Crippen LogP contribution in [0.25, 0.3) is 0 Å². The fraction of sp³-hybridized carbons (Fsp3) is 0.310. The zero-order valence-corrected chi connectivity index (χ0v) is 20.9. The second-order valence-corrected chi connectivity index (χ2v) is 9.54. The first kappa shape index (κ1) is 25.5. The highest BCUT2D eigenvalue weighted by atomic mass is 35.5. The number of benzene rings is 3. The first-order chi connectivity index (χ1) is 16.3. The molecule has 0 radical (unpaired) electrons. The lowest BCUT2D eigenvalue weighted by molar-refractivity contribution is -0.140. The van der Waals surface area contributed by atoms with Gasteiger partial charge in [-0.1, -0.05) is 92.2 Å². The molecule has 0 heterocycles. The Kier molecular flexibility index (Phi) is 9.29. The number of carbonyl (C=O) groups is 2. The molecule has 0 aromatic heterocycles. The molecule has 1 N–H and O–H groups in total. The maximum absolute atomic E-state index is 13.7. The van der Waals surface area contributed by atoms with E-state index in [0.717, 1.165) is 22.3 Å². The number of carbonyl (C=O) groups excluding carboxylic acids is 2. The summed E-state index contributed by atoms with van der Waals surface area (Å²) in [6.07, 6.45) is 0.618. The molecule has 0 fully saturated rings. The van der Waals surface area contributed by atoms with Crippen LogP contribution in [0.4, 0.5) is 0 Å². The van der Waals surface area contributed by atoms with Crippen molar-refractivity contribution < 1.29 is 9.59 Å². The highest BCUT2D eigenvalue weighted by Gasteiger charge is 2.30. The van der Waals surface area contributed by atoms with Gasteiger partial charge in [-0.25, -0.2) is 0 Å². The molecule has 4 nitrogen and oxygen atoms in total. The molecule has 0 spiro atoms. The Morgan fingerprint density at radius 1 is 0.912 bits per heavy atom. The third kappa shape index (κ3) is 7.46. The molecule has 0 bridgehead atoms. The molecule has 34 heavy (non-hydrogen) atoms. The summed E-state index contributed by atoms with van der Waals surface area (Å²) in [7, 11) is 0. The lowest BCUT2D eigenvalue weighted by atomic mass is 10.00. The van der Waals surface area contributed by atoms with Crippen molar-refractivity contribution in [2.24, 2.45) is 5.92 Å². The summed E-state index contributed by atoms with van der Waals surface area (Å²) in [5.41, 5.74) is 3.95. The van der Waals surface area contributed by atoms with E-state index in [1.54, 1.807) is 17.0 Å². The minimum Gasteiger partial charge on any atom is -0.354 e. The van der Waals surface area contributed by atoms with Crippen LogP contribution in [-0.2, 0) is 29.0 Å². The van der Waals surface area contributed by atoms with E-state index >= 15 is 0 Å². The van der Waals surface area contributed by atoms with Gasteiger partial charge >= 0.3 is 0 Å². The van der Waals surface area contributed by atoms with Crippen LogP contribution < -0.4 is 5.32 Å². The molecule has 3 aromatic carbocycles. The maximum Gasteiger partial charge on any atom is 0.243 e.